The monoisotopic (exact) mass is 248 g/mol. The molecule has 2 atom stereocenters. The fourth-order valence-electron chi connectivity index (χ4n) is 2.27. The number of alkyl halides is 2. The molecule has 1 rings (SSSR count). The minimum absolute atomic E-state index is 0.169. The lowest BCUT2D eigenvalue weighted by Gasteiger charge is -2.23. The molecule has 1 amide bonds. The molecule has 3 nitrogen and oxygen atoms in total. The molecule has 0 spiro atoms. The molecular weight excluding hydrogens is 226 g/mol. The highest BCUT2D eigenvalue weighted by Crippen LogP contribution is 2.20. The molecular formula is C12H22F2N2O. The summed E-state index contributed by atoms with van der Waals surface area (Å²) >= 11 is 0. The molecule has 0 radical (unpaired) electrons. The van der Waals surface area contributed by atoms with Crippen molar-refractivity contribution < 1.29 is 13.6 Å². The number of carbonyl (C=O) groups excluding carboxylic acids is 1. The van der Waals surface area contributed by atoms with E-state index in [1.54, 1.807) is 0 Å². The Hall–Kier alpha value is -0.710. The molecule has 17 heavy (non-hydrogen) atoms. The van der Waals surface area contributed by atoms with Gasteiger partial charge in [-0.2, -0.15) is 0 Å². The van der Waals surface area contributed by atoms with Crippen molar-refractivity contribution in [1.82, 2.24) is 10.2 Å². The van der Waals surface area contributed by atoms with E-state index in [0.29, 0.717) is 12.3 Å². The minimum atomic E-state index is -2.46. The summed E-state index contributed by atoms with van der Waals surface area (Å²) < 4.78 is 24.9. The normalized spacial score (nSPS) is 25.4. The maximum Gasteiger partial charge on any atom is 0.255 e. The largest absolute Gasteiger partial charge is 0.320 e. The van der Waals surface area contributed by atoms with Crippen LogP contribution in [0.2, 0.25) is 0 Å². The molecule has 1 N–H and O–H groups in total. The lowest BCUT2D eigenvalue weighted by molar-refractivity contribution is -0.132. The van der Waals surface area contributed by atoms with Gasteiger partial charge in [0.1, 0.15) is 0 Å². The highest BCUT2D eigenvalue weighted by atomic mass is 19.3. The number of hydrogen-bond acceptors (Lipinski definition) is 2. The number of halogens is 2. The van der Waals surface area contributed by atoms with E-state index in [1.807, 2.05) is 20.8 Å². The number of amides is 1. The third kappa shape index (κ3) is 3.91. The minimum Gasteiger partial charge on any atom is -0.320 e. The highest BCUT2D eigenvalue weighted by Gasteiger charge is 2.39. The first kappa shape index (κ1) is 14.4. The number of nitrogens with one attached hydrogen (secondary N) is 1. The maximum atomic E-state index is 12.4. The van der Waals surface area contributed by atoms with Gasteiger partial charge in [-0.15, -0.1) is 0 Å². The van der Waals surface area contributed by atoms with Gasteiger partial charge in [0.15, 0.2) is 0 Å². The van der Waals surface area contributed by atoms with Gasteiger partial charge < -0.3 is 4.90 Å². The summed E-state index contributed by atoms with van der Waals surface area (Å²) in [6, 6.07) is -0.287. The molecule has 2 unspecified atom stereocenters. The van der Waals surface area contributed by atoms with E-state index >= 15 is 0 Å². The van der Waals surface area contributed by atoms with Crippen molar-refractivity contribution in [2.24, 2.45) is 5.92 Å². The topological polar surface area (TPSA) is 32.3 Å². The number of hydrogen-bond donors (Lipinski definition) is 1. The number of rotatable bonds is 6. The van der Waals surface area contributed by atoms with E-state index in [9.17, 15) is 13.6 Å². The Morgan fingerprint density at radius 2 is 2.06 bits per heavy atom. The predicted molar refractivity (Wildman–Crippen MR) is 62.8 cm³/mol. The molecule has 1 saturated heterocycles. The van der Waals surface area contributed by atoms with Gasteiger partial charge in [0.25, 0.3) is 6.43 Å². The van der Waals surface area contributed by atoms with Gasteiger partial charge in [-0.3, -0.25) is 10.1 Å². The van der Waals surface area contributed by atoms with E-state index in [0.717, 1.165) is 12.8 Å². The predicted octanol–water partition coefficient (Wildman–Crippen LogP) is 2.22. The zero-order valence-corrected chi connectivity index (χ0v) is 10.7. The van der Waals surface area contributed by atoms with Gasteiger partial charge in [0, 0.05) is 0 Å². The van der Waals surface area contributed by atoms with Crippen LogP contribution in [0.4, 0.5) is 8.78 Å². The number of nitrogens with zero attached hydrogens (tertiary/aromatic N) is 1. The van der Waals surface area contributed by atoms with Crippen molar-refractivity contribution in [2.45, 2.75) is 58.7 Å². The van der Waals surface area contributed by atoms with Crippen molar-refractivity contribution >= 4 is 5.91 Å². The summed E-state index contributed by atoms with van der Waals surface area (Å²) in [7, 11) is 0. The average molecular weight is 248 g/mol. The summed E-state index contributed by atoms with van der Waals surface area (Å²) in [5.41, 5.74) is 0. The molecule has 100 valence electrons. The van der Waals surface area contributed by atoms with E-state index in [2.05, 4.69) is 5.32 Å². The van der Waals surface area contributed by atoms with Gasteiger partial charge in [-0.25, -0.2) is 8.78 Å². The lowest BCUT2D eigenvalue weighted by atomic mass is 10.0. The van der Waals surface area contributed by atoms with E-state index in [4.69, 9.17) is 0 Å². The molecule has 0 saturated carbocycles. The smallest absolute Gasteiger partial charge is 0.255 e. The average Bonchev–Trinajstić information content (AvgIpc) is 2.46. The summed E-state index contributed by atoms with van der Waals surface area (Å²) in [5, 5.41) is 3.17. The Labute approximate surface area is 102 Å². The van der Waals surface area contributed by atoms with Crippen LogP contribution in [0.15, 0.2) is 0 Å². The fourth-order valence-corrected chi connectivity index (χ4v) is 2.27. The SMILES string of the molecule is CCCC1NC(CC(C)C)C(=O)N1CC(F)F. The van der Waals surface area contributed by atoms with Gasteiger partial charge >= 0.3 is 0 Å². The second-order valence-corrected chi connectivity index (χ2v) is 5.03. The fraction of sp³-hybridized carbons (Fsp3) is 0.917. The molecule has 0 bridgehead atoms. The molecule has 5 heteroatoms. The molecule has 0 aliphatic carbocycles. The van der Waals surface area contributed by atoms with Crippen LogP contribution in [0, 0.1) is 5.92 Å². The van der Waals surface area contributed by atoms with Crippen LogP contribution < -0.4 is 5.32 Å². The van der Waals surface area contributed by atoms with Crippen molar-refractivity contribution in [1.29, 1.82) is 0 Å². The van der Waals surface area contributed by atoms with Crippen LogP contribution >= 0.6 is 0 Å². The molecule has 1 fully saturated rings. The Balaban J connectivity index is 2.67. The Kier molecular flexibility index (Phi) is 5.31. The van der Waals surface area contributed by atoms with Crippen LogP contribution in [0.25, 0.3) is 0 Å². The van der Waals surface area contributed by atoms with Crippen molar-refractivity contribution in [3.63, 3.8) is 0 Å². The van der Waals surface area contributed by atoms with Crippen molar-refractivity contribution in [2.75, 3.05) is 6.54 Å². The van der Waals surface area contributed by atoms with Crippen LogP contribution in [0.3, 0.4) is 0 Å². The van der Waals surface area contributed by atoms with Crippen molar-refractivity contribution in [3.8, 4) is 0 Å². The number of carbonyl (C=O) groups is 1. The Morgan fingerprint density at radius 3 is 2.53 bits per heavy atom. The standard InChI is InChI=1S/C12H22F2N2O/c1-4-5-11-15-9(6-8(2)3)12(17)16(11)7-10(13)14/h8-11,15H,4-7H2,1-3H3. The van der Waals surface area contributed by atoms with Gasteiger partial charge in [0.2, 0.25) is 5.91 Å². The first-order chi connectivity index (χ1) is 7.95. The van der Waals surface area contributed by atoms with Gasteiger partial charge in [-0.05, 0) is 18.8 Å². The van der Waals surface area contributed by atoms with Crippen LogP contribution in [0.1, 0.15) is 40.0 Å². The van der Waals surface area contributed by atoms with Crippen LogP contribution in [-0.4, -0.2) is 36.0 Å². The molecule has 1 aliphatic heterocycles. The van der Waals surface area contributed by atoms with E-state index in [-0.39, 0.29) is 18.1 Å². The second-order valence-electron chi connectivity index (χ2n) is 5.03. The van der Waals surface area contributed by atoms with E-state index in [1.165, 1.54) is 4.90 Å². The molecule has 0 aromatic rings. The second kappa shape index (κ2) is 6.28. The highest BCUT2D eigenvalue weighted by molar-refractivity contribution is 5.84. The first-order valence-corrected chi connectivity index (χ1v) is 6.30. The summed E-state index contributed by atoms with van der Waals surface area (Å²) in [6.45, 7) is 5.59. The molecule has 0 aromatic carbocycles. The maximum absolute atomic E-state index is 12.4. The zero-order chi connectivity index (χ0) is 13.0. The first-order valence-electron chi connectivity index (χ1n) is 6.30. The van der Waals surface area contributed by atoms with Crippen LogP contribution in [-0.2, 0) is 4.79 Å². The van der Waals surface area contributed by atoms with Gasteiger partial charge in [-0.1, -0.05) is 27.2 Å². The molecule has 1 aliphatic rings. The lowest BCUT2D eigenvalue weighted by Crippen LogP contribution is -2.40. The van der Waals surface area contributed by atoms with E-state index < -0.39 is 13.0 Å². The van der Waals surface area contributed by atoms with Crippen LogP contribution in [0.5, 0.6) is 0 Å². The summed E-state index contributed by atoms with van der Waals surface area (Å²) in [6.07, 6.45) is -0.367. The molecule has 1 heterocycles. The quantitative estimate of drug-likeness (QED) is 0.781. The van der Waals surface area contributed by atoms with Crippen molar-refractivity contribution in [3.05, 3.63) is 0 Å². The Morgan fingerprint density at radius 1 is 1.41 bits per heavy atom. The summed E-state index contributed by atoms with van der Waals surface area (Å²) in [4.78, 5) is 13.3. The Bertz CT molecular complexity index is 259. The zero-order valence-electron chi connectivity index (χ0n) is 10.7. The molecule has 0 aromatic heterocycles. The third-order valence-electron chi connectivity index (χ3n) is 2.95. The summed E-state index contributed by atoms with van der Waals surface area (Å²) in [5.74, 6) is 0.211. The third-order valence-corrected chi connectivity index (χ3v) is 2.95. The van der Waals surface area contributed by atoms with Gasteiger partial charge in [0.05, 0.1) is 18.8 Å².